The zero-order valence-electron chi connectivity index (χ0n) is 15.4. The normalized spacial score (nSPS) is 15.2. The van der Waals surface area contributed by atoms with E-state index < -0.39 is 0 Å². The van der Waals surface area contributed by atoms with Crippen LogP contribution in [-0.2, 0) is 6.54 Å². The monoisotopic (exact) mass is 380 g/mol. The van der Waals surface area contributed by atoms with Gasteiger partial charge in [0.15, 0.2) is 5.16 Å². The van der Waals surface area contributed by atoms with Crippen molar-refractivity contribution in [3.63, 3.8) is 0 Å². The van der Waals surface area contributed by atoms with Crippen LogP contribution in [0, 0.1) is 0 Å². The van der Waals surface area contributed by atoms with Crippen molar-refractivity contribution < 1.29 is 0 Å². The molecule has 0 amide bonds. The summed E-state index contributed by atoms with van der Waals surface area (Å²) >= 11 is 7.89. The molecule has 25 heavy (non-hydrogen) atoms. The van der Waals surface area contributed by atoms with Gasteiger partial charge in [0, 0.05) is 24.7 Å². The zero-order chi connectivity index (χ0) is 17.6. The fourth-order valence-electron chi connectivity index (χ4n) is 3.41. The van der Waals surface area contributed by atoms with Gasteiger partial charge in [-0.15, -0.1) is 0 Å². The molecule has 0 radical (unpaired) electrons. The maximum absolute atomic E-state index is 6.09. The third-order valence-corrected chi connectivity index (χ3v) is 6.32. The Labute approximate surface area is 160 Å². The van der Waals surface area contributed by atoms with Crippen molar-refractivity contribution in [2.75, 3.05) is 32.7 Å². The van der Waals surface area contributed by atoms with Crippen LogP contribution < -0.4 is 0 Å². The van der Waals surface area contributed by atoms with Crippen LogP contribution in [0.1, 0.15) is 39.5 Å². The van der Waals surface area contributed by atoms with E-state index in [1.807, 2.05) is 12.1 Å². The molecule has 1 aliphatic rings. The molecule has 0 unspecified atom stereocenters. The van der Waals surface area contributed by atoms with E-state index in [0.29, 0.717) is 0 Å². The molecule has 3 rings (SSSR count). The highest BCUT2D eigenvalue weighted by Crippen LogP contribution is 2.31. The molecule has 138 valence electrons. The highest BCUT2D eigenvalue weighted by Gasteiger charge is 2.20. The second-order valence-electron chi connectivity index (χ2n) is 6.64. The molecule has 0 spiro atoms. The van der Waals surface area contributed by atoms with Crippen molar-refractivity contribution >= 4 is 34.6 Å². The van der Waals surface area contributed by atoms with Crippen molar-refractivity contribution in [1.82, 2.24) is 18.8 Å². The van der Waals surface area contributed by atoms with Crippen molar-refractivity contribution in [2.45, 2.75) is 51.2 Å². The van der Waals surface area contributed by atoms with Crippen molar-refractivity contribution in [3.05, 3.63) is 23.2 Å². The number of imidazole rings is 1. The summed E-state index contributed by atoms with van der Waals surface area (Å²) in [5.74, 6) is 0. The van der Waals surface area contributed by atoms with E-state index in [0.717, 1.165) is 35.3 Å². The largest absolute Gasteiger partial charge is 0.317 e. The number of hydrogen-bond acceptors (Lipinski definition) is 4. The van der Waals surface area contributed by atoms with Crippen LogP contribution in [0.2, 0.25) is 5.02 Å². The highest BCUT2D eigenvalue weighted by atomic mass is 35.5. The maximum Gasteiger partial charge on any atom is 0.184 e. The molecular formula is C19H29ClN4S. The second kappa shape index (κ2) is 9.26. The number of benzene rings is 1. The molecule has 4 nitrogen and oxygen atoms in total. The lowest BCUT2D eigenvalue weighted by Gasteiger charge is -2.26. The Bertz CT molecular complexity index is 683. The number of unbranched alkanes of at least 4 members (excludes halogenated alkanes) is 3. The summed E-state index contributed by atoms with van der Waals surface area (Å²) in [5.41, 5.74) is 2.20. The molecule has 0 atom stereocenters. The Morgan fingerprint density at radius 3 is 2.72 bits per heavy atom. The first kappa shape index (κ1) is 19.0. The third kappa shape index (κ3) is 4.91. The fourth-order valence-corrected chi connectivity index (χ4v) is 4.63. The average Bonchev–Trinajstić information content (AvgIpc) is 2.97. The van der Waals surface area contributed by atoms with Crippen LogP contribution >= 0.6 is 23.5 Å². The van der Waals surface area contributed by atoms with E-state index in [1.54, 1.807) is 11.9 Å². The standard InChI is InChI=1S/C19H29ClN4S/c1-3-22(4-2)11-7-5-6-8-12-23-13-14-24-18-10-9-16(20)15-17(18)21-19(24)25-23/h9-10,15H,3-8,11-14H2,1-2H3. The molecule has 6 heteroatoms. The summed E-state index contributed by atoms with van der Waals surface area (Å²) in [6, 6.07) is 6.00. The molecular weight excluding hydrogens is 352 g/mol. The van der Waals surface area contributed by atoms with Gasteiger partial charge in [0.05, 0.1) is 11.0 Å². The quantitative estimate of drug-likeness (QED) is 0.455. The van der Waals surface area contributed by atoms with E-state index in [4.69, 9.17) is 16.6 Å². The summed E-state index contributed by atoms with van der Waals surface area (Å²) < 4.78 is 4.78. The summed E-state index contributed by atoms with van der Waals surface area (Å²) in [6.45, 7) is 11.3. The fraction of sp³-hybridized carbons (Fsp3) is 0.632. The number of hydrogen-bond donors (Lipinski definition) is 0. The van der Waals surface area contributed by atoms with Crippen LogP contribution in [0.15, 0.2) is 23.4 Å². The molecule has 1 aromatic carbocycles. The molecule has 2 heterocycles. The maximum atomic E-state index is 6.09. The number of halogens is 1. The van der Waals surface area contributed by atoms with Gasteiger partial charge in [-0.25, -0.2) is 9.29 Å². The van der Waals surface area contributed by atoms with Gasteiger partial charge in [0.2, 0.25) is 0 Å². The highest BCUT2D eigenvalue weighted by molar-refractivity contribution is 7.96. The SMILES string of the molecule is CCN(CC)CCCCCCN1CCn2c(nc3cc(Cl)ccc32)S1. The number of aromatic nitrogens is 2. The predicted molar refractivity (Wildman–Crippen MR) is 108 cm³/mol. The van der Waals surface area contributed by atoms with Crippen molar-refractivity contribution in [1.29, 1.82) is 0 Å². The van der Waals surface area contributed by atoms with Crippen molar-refractivity contribution in [2.24, 2.45) is 0 Å². The predicted octanol–water partition coefficient (Wildman–Crippen LogP) is 4.91. The molecule has 2 aromatic rings. The first-order chi connectivity index (χ1) is 12.2. The molecule has 1 aromatic heterocycles. The van der Waals surface area contributed by atoms with E-state index >= 15 is 0 Å². The van der Waals surface area contributed by atoms with Gasteiger partial charge < -0.3 is 9.47 Å². The minimum absolute atomic E-state index is 0.759. The molecule has 0 fully saturated rings. The lowest BCUT2D eigenvalue weighted by Crippen LogP contribution is -2.27. The van der Waals surface area contributed by atoms with Gasteiger partial charge in [0.25, 0.3) is 0 Å². The Kier molecular flexibility index (Phi) is 7.05. The molecule has 0 aliphatic carbocycles. The van der Waals surface area contributed by atoms with Gasteiger partial charge in [-0.1, -0.05) is 38.3 Å². The van der Waals surface area contributed by atoms with Crippen LogP contribution in [0.5, 0.6) is 0 Å². The smallest absolute Gasteiger partial charge is 0.184 e. The summed E-state index contributed by atoms with van der Waals surface area (Å²) in [5, 5.41) is 1.86. The Hall–Kier alpha value is -0.750. The Balaban J connectivity index is 1.42. The van der Waals surface area contributed by atoms with Gasteiger partial charge >= 0.3 is 0 Å². The van der Waals surface area contributed by atoms with Gasteiger partial charge in [-0.2, -0.15) is 0 Å². The lowest BCUT2D eigenvalue weighted by molar-refractivity contribution is 0.294. The topological polar surface area (TPSA) is 24.3 Å². The van der Waals surface area contributed by atoms with E-state index in [9.17, 15) is 0 Å². The molecule has 1 aliphatic heterocycles. The minimum atomic E-state index is 0.759. The second-order valence-corrected chi connectivity index (χ2v) is 8.14. The van der Waals surface area contributed by atoms with E-state index in [2.05, 4.69) is 33.7 Å². The number of nitrogens with zero attached hydrogens (tertiary/aromatic N) is 4. The van der Waals surface area contributed by atoms with Gasteiger partial charge in [-0.05, 0) is 62.6 Å². The molecule has 0 saturated heterocycles. The summed E-state index contributed by atoms with van der Waals surface area (Å²) in [7, 11) is 0. The molecule has 0 bridgehead atoms. The molecule has 0 N–H and O–H groups in total. The number of fused-ring (bicyclic) bond motifs is 3. The van der Waals surface area contributed by atoms with E-state index in [-0.39, 0.29) is 0 Å². The van der Waals surface area contributed by atoms with Gasteiger partial charge in [-0.3, -0.25) is 0 Å². The summed E-state index contributed by atoms with van der Waals surface area (Å²) in [4.78, 5) is 7.27. The number of rotatable bonds is 9. The van der Waals surface area contributed by atoms with Crippen LogP contribution in [0.4, 0.5) is 0 Å². The minimum Gasteiger partial charge on any atom is -0.317 e. The first-order valence-electron chi connectivity index (χ1n) is 9.52. The first-order valence-corrected chi connectivity index (χ1v) is 10.7. The Morgan fingerprint density at radius 2 is 1.92 bits per heavy atom. The van der Waals surface area contributed by atoms with E-state index in [1.165, 1.54) is 50.8 Å². The third-order valence-electron chi connectivity index (χ3n) is 4.99. The van der Waals surface area contributed by atoms with Crippen molar-refractivity contribution in [3.8, 4) is 0 Å². The zero-order valence-corrected chi connectivity index (χ0v) is 17.0. The average molecular weight is 381 g/mol. The Morgan fingerprint density at radius 1 is 1.12 bits per heavy atom. The van der Waals surface area contributed by atoms with Gasteiger partial charge in [0.1, 0.15) is 0 Å². The summed E-state index contributed by atoms with van der Waals surface area (Å²) in [6.07, 6.45) is 5.26. The van der Waals surface area contributed by atoms with Crippen LogP contribution in [0.3, 0.4) is 0 Å². The van der Waals surface area contributed by atoms with Crippen LogP contribution in [0.25, 0.3) is 11.0 Å². The van der Waals surface area contributed by atoms with Crippen LogP contribution in [-0.4, -0.2) is 51.5 Å². The lowest BCUT2D eigenvalue weighted by atomic mass is 10.2. The molecule has 0 saturated carbocycles.